The van der Waals surface area contributed by atoms with Gasteiger partial charge in [-0.15, -0.1) is 0 Å². The molecule has 0 fully saturated rings. The number of aliphatic carboxylic acids is 1. The van der Waals surface area contributed by atoms with Crippen LogP contribution in [0.5, 0.6) is 0 Å². The average Bonchev–Trinajstić information content (AvgIpc) is 2.19. The Morgan fingerprint density at radius 3 is 2.06 bits per heavy atom. The maximum atomic E-state index is 11.5. The molecule has 4 N–H and O–H groups in total. The molecule has 7 nitrogen and oxygen atoms in total. The van der Waals surface area contributed by atoms with E-state index < -0.39 is 29.4 Å². The second-order valence-electron chi connectivity index (χ2n) is 5.06. The van der Waals surface area contributed by atoms with Gasteiger partial charge in [-0.1, -0.05) is 20.8 Å². The molecule has 0 aromatic rings. The number of carboxylic acids is 1. The second-order valence-corrected chi connectivity index (χ2v) is 5.06. The maximum absolute atomic E-state index is 11.5. The van der Waals surface area contributed by atoms with Gasteiger partial charge in [-0.05, 0) is 6.92 Å². The molecule has 0 rings (SSSR count). The highest BCUT2D eigenvalue weighted by Crippen LogP contribution is 2.11. The molecule has 2 unspecified atom stereocenters. The summed E-state index contributed by atoms with van der Waals surface area (Å²) in [6.07, 6.45) is -1.22. The molecule has 0 saturated carbocycles. The predicted octanol–water partition coefficient (Wildman–Crippen LogP) is -0.901. The van der Waals surface area contributed by atoms with Crippen LogP contribution in [0.3, 0.4) is 0 Å². The predicted molar refractivity (Wildman–Crippen MR) is 63.7 cm³/mol. The van der Waals surface area contributed by atoms with Crippen LogP contribution in [-0.4, -0.2) is 46.7 Å². The fourth-order valence-electron chi connectivity index (χ4n) is 1.04. The molecular formula is C11H20N2O5. The molecule has 0 bridgehead atoms. The molecule has 0 aliphatic heterocycles. The van der Waals surface area contributed by atoms with Crippen LogP contribution in [0, 0.1) is 5.41 Å². The molecule has 0 aromatic heterocycles. The third-order valence-electron chi connectivity index (χ3n) is 2.16. The lowest BCUT2D eigenvalue weighted by Gasteiger charge is -2.19. The van der Waals surface area contributed by atoms with Crippen molar-refractivity contribution >= 4 is 17.8 Å². The van der Waals surface area contributed by atoms with Gasteiger partial charge in [-0.3, -0.25) is 9.59 Å². The summed E-state index contributed by atoms with van der Waals surface area (Å²) < 4.78 is 0. The first kappa shape index (κ1) is 16.4. The van der Waals surface area contributed by atoms with Crippen LogP contribution >= 0.6 is 0 Å². The molecule has 0 heterocycles. The van der Waals surface area contributed by atoms with Crippen LogP contribution in [-0.2, 0) is 14.4 Å². The van der Waals surface area contributed by atoms with Crippen molar-refractivity contribution in [2.24, 2.45) is 5.41 Å². The Bertz CT molecular complexity index is 333. The number of aliphatic hydroxyl groups excluding tert-OH is 1. The minimum Gasteiger partial charge on any atom is -0.480 e. The number of hydrogen-bond donors (Lipinski definition) is 4. The van der Waals surface area contributed by atoms with Gasteiger partial charge in [0.15, 0.2) is 6.04 Å². The summed E-state index contributed by atoms with van der Waals surface area (Å²) >= 11 is 0. The van der Waals surface area contributed by atoms with Gasteiger partial charge in [0.05, 0.1) is 12.6 Å². The van der Waals surface area contributed by atoms with E-state index in [-0.39, 0.29) is 12.5 Å². The van der Waals surface area contributed by atoms with Crippen LogP contribution in [0.25, 0.3) is 0 Å². The molecular weight excluding hydrogens is 240 g/mol. The quantitative estimate of drug-likeness (QED) is 0.511. The largest absolute Gasteiger partial charge is 0.480 e. The molecule has 0 aromatic carbocycles. The number of nitrogens with one attached hydrogen (secondary N) is 2. The number of hydrogen-bond acceptors (Lipinski definition) is 4. The Morgan fingerprint density at radius 2 is 1.72 bits per heavy atom. The molecule has 2 atom stereocenters. The smallest absolute Gasteiger partial charge is 0.328 e. The van der Waals surface area contributed by atoms with Gasteiger partial charge in [0.2, 0.25) is 11.8 Å². The Morgan fingerprint density at radius 1 is 1.22 bits per heavy atom. The van der Waals surface area contributed by atoms with Crippen LogP contribution in [0.4, 0.5) is 0 Å². The minimum absolute atomic E-state index is 0.318. The number of carbonyl (C=O) groups excluding carboxylic acids is 2. The number of carboxylic acid groups (broad SMARTS) is 1. The number of carbonyl (C=O) groups is 3. The zero-order chi connectivity index (χ0) is 14.5. The molecule has 0 saturated heterocycles. The minimum atomic E-state index is -1.39. The fraction of sp³-hybridized carbons (Fsp3) is 0.727. The highest BCUT2D eigenvalue weighted by Gasteiger charge is 2.26. The topological polar surface area (TPSA) is 116 Å². The lowest BCUT2D eigenvalue weighted by molar-refractivity contribution is -0.144. The van der Waals surface area contributed by atoms with Crippen molar-refractivity contribution in [3.8, 4) is 0 Å². The van der Waals surface area contributed by atoms with Gasteiger partial charge < -0.3 is 20.8 Å². The van der Waals surface area contributed by atoms with E-state index in [0.29, 0.717) is 0 Å². The molecule has 2 amide bonds. The van der Waals surface area contributed by atoms with E-state index in [2.05, 4.69) is 10.6 Å². The van der Waals surface area contributed by atoms with E-state index in [9.17, 15) is 14.4 Å². The third kappa shape index (κ3) is 5.62. The van der Waals surface area contributed by atoms with E-state index >= 15 is 0 Å². The van der Waals surface area contributed by atoms with Crippen LogP contribution in [0.15, 0.2) is 0 Å². The Hall–Kier alpha value is -1.63. The second kappa shape index (κ2) is 6.34. The van der Waals surface area contributed by atoms with E-state index in [1.54, 1.807) is 20.8 Å². The molecule has 18 heavy (non-hydrogen) atoms. The lowest BCUT2D eigenvalue weighted by Crippen LogP contribution is -2.51. The van der Waals surface area contributed by atoms with Gasteiger partial charge >= 0.3 is 5.97 Å². The summed E-state index contributed by atoms with van der Waals surface area (Å²) in [6.45, 7) is 6.00. The molecule has 0 spiro atoms. The van der Waals surface area contributed by atoms with Crippen molar-refractivity contribution in [3.63, 3.8) is 0 Å². The first-order chi connectivity index (χ1) is 8.05. The standard InChI is InChI=1S/C11H20N2O5/c1-6(14)8(9(16)17)13-7(15)5-12-10(18)11(2,3)4/h6,8,14H,5H2,1-4H3,(H,12,18)(H,13,15)(H,16,17). The van der Waals surface area contributed by atoms with Gasteiger partial charge in [0.1, 0.15) is 0 Å². The Kier molecular flexibility index (Phi) is 5.77. The average molecular weight is 260 g/mol. The molecule has 104 valence electrons. The lowest BCUT2D eigenvalue weighted by atomic mass is 9.96. The van der Waals surface area contributed by atoms with Gasteiger partial charge in [-0.25, -0.2) is 4.79 Å². The van der Waals surface area contributed by atoms with Crippen molar-refractivity contribution < 1.29 is 24.6 Å². The summed E-state index contributed by atoms with van der Waals surface area (Å²) in [4.78, 5) is 33.6. The van der Waals surface area contributed by atoms with Gasteiger partial charge in [0, 0.05) is 5.41 Å². The molecule has 0 radical (unpaired) electrons. The normalized spacial score (nSPS) is 14.5. The van der Waals surface area contributed by atoms with Gasteiger partial charge in [0.25, 0.3) is 0 Å². The summed E-state index contributed by atoms with van der Waals surface area (Å²) in [7, 11) is 0. The zero-order valence-electron chi connectivity index (χ0n) is 11.0. The number of amides is 2. The van der Waals surface area contributed by atoms with Crippen molar-refractivity contribution in [3.05, 3.63) is 0 Å². The van der Waals surface area contributed by atoms with Gasteiger partial charge in [-0.2, -0.15) is 0 Å². The third-order valence-corrected chi connectivity index (χ3v) is 2.16. The summed E-state index contributed by atoms with van der Waals surface area (Å²) in [5.41, 5.74) is -0.628. The summed E-state index contributed by atoms with van der Waals surface area (Å²) in [5.74, 6) is -2.32. The molecule has 0 aliphatic rings. The first-order valence-electron chi connectivity index (χ1n) is 5.54. The van der Waals surface area contributed by atoms with E-state index in [1.165, 1.54) is 6.92 Å². The Labute approximate surface area is 106 Å². The highest BCUT2D eigenvalue weighted by molar-refractivity contribution is 5.89. The highest BCUT2D eigenvalue weighted by atomic mass is 16.4. The van der Waals surface area contributed by atoms with Crippen molar-refractivity contribution in [1.29, 1.82) is 0 Å². The number of aliphatic hydroxyl groups is 1. The Balaban J connectivity index is 4.28. The molecule has 0 aliphatic carbocycles. The summed E-state index contributed by atoms with van der Waals surface area (Å²) in [5, 5.41) is 22.4. The van der Waals surface area contributed by atoms with Crippen LogP contribution in [0.2, 0.25) is 0 Å². The zero-order valence-corrected chi connectivity index (χ0v) is 11.0. The number of rotatable bonds is 5. The maximum Gasteiger partial charge on any atom is 0.328 e. The van der Waals surface area contributed by atoms with Crippen LogP contribution < -0.4 is 10.6 Å². The van der Waals surface area contributed by atoms with E-state index in [4.69, 9.17) is 10.2 Å². The van der Waals surface area contributed by atoms with Crippen molar-refractivity contribution in [1.82, 2.24) is 10.6 Å². The molecule has 7 heteroatoms. The van der Waals surface area contributed by atoms with Crippen LogP contribution in [0.1, 0.15) is 27.7 Å². The van der Waals surface area contributed by atoms with E-state index in [0.717, 1.165) is 0 Å². The van der Waals surface area contributed by atoms with Crippen molar-refractivity contribution in [2.75, 3.05) is 6.54 Å². The monoisotopic (exact) mass is 260 g/mol. The fourth-order valence-corrected chi connectivity index (χ4v) is 1.04. The SMILES string of the molecule is CC(O)C(NC(=O)CNC(=O)C(C)(C)C)C(=O)O. The van der Waals surface area contributed by atoms with E-state index in [1.807, 2.05) is 0 Å². The first-order valence-corrected chi connectivity index (χ1v) is 5.54. The summed E-state index contributed by atoms with van der Waals surface area (Å²) in [6, 6.07) is -1.39. The van der Waals surface area contributed by atoms with Crippen molar-refractivity contribution in [2.45, 2.75) is 39.8 Å².